The lowest BCUT2D eigenvalue weighted by Crippen LogP contribution is -2.33. The highest BCUT2D eigenvalue weighted by Gasteiger charge is 2.15. The zero-order valence-electron chi connectivity index (χ0n) is 13.4. The second-order valence-corrected chi connectivity index (χ2v) is 6.33. The topological polar surface area (TPSA) is 76.7 Å². The van der Waals surface area contributed by atoms with Crippen LogP contribution in [0.25, 0.3) is 0 Å². The van der Waals surface area contributed by atoms with Crippen LogP contribution in [-0.4, -0.2) is 29.7 Å². The molecular formula is C15H24IN3O2S. The molecule has 1 rings (SSSR count). The number of rotatable bonds is 4. The fourth-order valence-electron chi connectivity index (χ4n) is 1.53. The molecule has 0 saturated heterocycles. The monoisotopic (exact) mass is 437 g/mol. The first-order chi connectivity index (χ1) is 9.80. The average molecular weight is 437 g/mol. The van der Waals surface area contributed by atoms with E-state index >= 15 is 0 Å². The van der Waals surface area contributed by atoms with Gasteiger partial charge in [0.05, 0.1) is 5.69 Å². The quantitative estimate of drug-likeness (QED) is 0.428. The summed E-state index contributed by atoms with van der Waals surface area (Å²) in [5.74, 6) is 0. The van der Waals surface area contributed by atoms with E-state index in [0.717, 1.165) is 17.7 Å². The molecule has 0 spiro atoms. The molecule has 3 N–H and O–H groups in total. The van der Waals surface area contributed by atoms with Gasteiger partial charge in [-0.1, -0.05) is 23.9 Å². The lowest BCUT2D eigenvalue weighted by Gasteiger charge is -2.19. The second-order valence-electron chi connectivity index (χ2n) is 5.50. The molecule has 1 amide bonds. The molecule has 0 unspecified atom stereocenters. The molecule has 22 heavy (non-hydrogen) atoms. The largest absolute Gasteiger partial charge is 0.444 e. The molecule has 0 atom stereocenters. The number of ether oxygens (including phenoxy) is 1. The van der Waals surface area contributed by atoms with Crippen LogP contribution < -0.4 is 11.1 Å². The van der Waals surface area contributed by atoms with Gasteiger partial charge in [-0.25, -0.2) is 9.79 Å². The number of thioether (sulfide) groups is 1. The molecule has 0 aromatic heterocycles. The Balaban J connectivity index is 0.00000441. The Hall–Kier alpha value is -0.960. The van der Waals surface area contributed by atoms with Crippen LogP contribution in [0.3, 0.4) is 0 Å². The van der Waals surface area contributed by atoms with E-state index in [1.165, 1.54) is 11.8 Å². The summed E-state index contributed by atoms with van der Waals surface area (Å²) in [5.41, 5.74) is 7.13. The Kier molecular flexibility index (Phi) is 9.50. The summed E-state index contributed by atoms with van der Waals surface area (Å²) >= 11 is 1.41. The Bertz CT molecular complexity index is 499. The number of amidine groups is 1. The Labute approximate surface area is 153 Å². The van der Waals surface area contributed by atoms with Crippen molar-refractivity contribution >= 4 is 52.7 Å². The van der Waals surface area contributed by atoms with Gasteiger partial charge in [-0.05, 0) is 51.1 Å². The zero-order valence-corrected chi connectivity index (χ0v) is 16.5. The lowest BCUT2D eigenvalue weighted by molar-refractivity contribution is 0.0528. The molecule has 7 heteroatoms. The van der Waals surface area contributed by atoms with E-state index in [2.05, 4.69) is 10.3 Å². The van der Waals surface area contributed by atoms with E-state index in [1.54, 1.807) is 0 Å². The normalized spacial score (nSPS) is 11.5. The number of carbonyl (C=O) groups is 1. The highest BCUT2D eigenvalue weighted by atomic mass is 127. The van der Waals surface area contributed by atoms with Gasteiger partial charge in [0.25, 0.3) is 0 Å². The maximum Gasteiger partial charge on any atom is 0.407 e. The number of amides is 1. The minimum Gasteiger partial charge on any atom is -0.444 e. The first-order valence-electron chi connectivity index (χ1n) is 6.74. The van der Waals surface area contributed by atoms with Crippen molar-refractivity contribution in [1.29, 1.82) is 0 Å². The van der Waals surface area contributed by atoms with Crippen LogP contribution in [-0.2, 0) is 11.2 Å². The van der Waals surface area contributed by atoms with Gasteiger partial charge < -0.3 is 15.8 Å². The smallest absolute Gasteiger partial charge is 0.407 e. The highest BCUT2D eigenvalue weighted by molar-refractivity contribution is 14.0. The number of aliphatic imine (C=N–C) groups is 1. The number of nitrogens with two attached hydrogens (primary N) is 1. The van der Waals surface area contributed by atoms with E-state index in [-0.39, 0.29) is 24.0 Å². The molecular weight excluding hydrogens is 413 g/mol. The standard InChI is InChI=1S/C15H23N3O2S.HI/c1-15(2,3)20-14(19)17-10-9-11-5-7-12(8-6-11)18-13(16)21-4;/h5-8H,9-10H2,1-4H3,(H2,16,18)(H,17,19);1H. The number of halogens is 1. The molecule has 0 radical (unpaired) electrons. The first kappa shape index (κ1) is 21.0. The van der Waals surface area contributed by atoms with Gasteiger partial charge in [-0.15, -0.1) is 24.0 Å². The Morgan fingerprint density at radius 2 is 1.91 bits per heavy atom. The van der Waals surface area contributed by atoms with Crippen molar-refractivity contribution < 1.29 is 9.53 Å². The molecule has 0 aliphatic rings. The van der Waals surface area contributed by atoms with Gasteiger partial charge in [-0.2, -0.15) is 0 Å². The highest BCUT2D eigenvalue weighted by Crippen LogP contribution is 2.14. The molecule has 1 aromatic rings. The van der Waals surface area contributed by atoms with Crippen LogP contribution in [0.1, 0.15) is 26.3 Å². The number of hydrogen-bond acceptors (Lipinski definition) is 4. The number of nitrogens with zero attached hydrogens (tertiary/aromatic N) is 1. The van der Waals surface area contributed by atoms with Gasteiger partial charge in [-0.3, -0.25) is 0 Å². The van der Waals surface area contributed by atoms with Crippen molar-refractivity contribution in [2.75, 3.05) is 12.8 Å². The van der Waals surface area contributed by atoms with Gasteiger partial charge in [0.1, 0.15) is 5.60 Å². The third kappa shape index (κ3) is 9.14. The summed E-state index contributed by atoms with van der Waals surface area (Å²) in [4.78, 5) is 15.7. The molecule has 5 nitrogen and oxygen atoms in total. The summed E-state index contributed by atoms with van der Waals surface area (Å²) in [5, 5.41) is 3.27. The van der Waals surface area contributed by atoms with Crippen molar-refractivity contribution in [2.45, 2.75) is 32.8 Å². The predicted molar refractivity (Wildman–Crippen MR) is 105 cm³/mol. The molecule has 0 aliphatic carbocycles. The molecule has 0 heterocycles. The summed E-state index contributed by atoms with van der Waals surface area (Å²) in [7, 11) is 0. The van der Waals surface area contributed by atoms with E-state index in [4.69, 9.17) is 10.5 Å². The minimum atomic E-state index is -0.471. The zero-order chi connectivity index (χ0) is 15.9. The van der Waals surface area contributed by atoms with Crippen molar-refractivity contribution in [3.05, 3.63) is 29.8 Å². The third-order valence-corrected chi connectivity index (χ3v) is 2.98. The number of hydrogen-bond donors (Lipinski definition) is 2. The van der Waals surface area contributed by atoms with Crippen LogP contribution in [0.5, 0.6) is 0 Å². The first-order valence-corrected chi connectivity index (χ1v) is 7.96. The SMILES string of the molecule is CSC(N)=Nc1ccc(CCNC(=O)OC(C)(C)C)cc1.I. The van der Waals surface area contributed by atoms with Crippen LogP contribution in [0.4, 0.5) is 10.5 Å². The Morgan fingerprint density at radius 1 is 1.32 bits per heavy atom. The summed E-state index contributed by atoms with van der Waals surface area (Å²) in [6.07, 6.45) is 2.23. The lowest BCUT2D eigenvalue weighted by atomic mass is 10.1. The maximum absolute atomic E-state index is 11.5. The van der Waals surface area contributed by atoms with Crippen molar-refractivity contribution in [3.63, 3.8) is 0 Å². The van der Waals surface area contributed by atoms with E-state index in [1.807, 2.05) is 51.3 Å². The molecule has 0 saturated carbocycles. The summed E-state index contributed by atoms with van der Waals surface area (Å²) in [6, 6.07) is 7.77. The molecule has 0 aliphatic heterocycles. The molecule has 1 aromatic carbocycles. The second kappa shape index (κ2) is 9.94. The van der Waals surface area contributed by atoms with Gasteiger partial charge in [0.2, 0.25) is 0 Å². The van der Waals surface area contributed by atoms with Crippen molar-refractivity contribution in [3.8, 4) is 0 Å². The maximum atomic E-state index is 11.5. The number of benzene rings is 1. The van der Waals surface area contributed by atoms with Crippen LogP contribution >= 0.6 is 35.7 Å². The summed E-state index contributed by atoms with van der Waals surface area (Å²) in [6.45, 7) is 6.05. The average Bonchev–Trinajstić information content (AvgIpc) is 2.38. The van der Waals surface area contributed by atoms with Gasteiger partial charge in [0.15, 0.2) is 5.17 Å². The number of nitrogens with one attached hydrogen (secondary N) is 1. The van der Waals surface area contributed by atoms with Gasteiger partial charge in [0, 0.05) is 6.54 Å². The third-order valence-electron chi connectivity index (χ3n) is 2.47. The van der Waals surface area contributed by atoms with Crippen molar-refractivity contribution in [2.24, 2.45) is 10.7 Å². The van der Waals surface area contributed by atoms with E-state index in [9.17, 15) is 4.79 Å². The fourth-order valence-corrected chi connectivity index (χ4v) is 1.73. The fraction of sp³-hybridized carbons (Fsp3) is 0.467. The predicted octanol–water partition coefficient (Wildman–Crippen LogP) is 3.68. The van der Waals surface area contributed by atoms with E-state index < -0.39 is 11.7 Å². The number of carbonyl (C=O) groups excluding carboxylic acids is 1. The number of alkyl carbamates (subject to hydrolysis) is 1. The molecule has 0 fully saturated rings. The molecule has 0 bridgehead atoms. The van der Waals surface area contributed by atoms with E-state index in [0.29, 0.717) is 11.7 Å². The van der Waals surface area contributed by atoms with Crippen LogP contribution in [0.15, 0.2) is 29.3 Å². The summed E-state index contributed by atoms with van der Waals surface area (Å²) < 4.78 is 5.17. The van der Waals surface area contributed by atoms with Crippen LogP contribution in [0, 0.1) is 0 Å². The molecule has 124 valence electrons. The van der Waals surface area contributed by atoms with Gasteiger partial charge >= 0.3 is 6.09 Å². The van der Waals surface area contributed by atoms with Crippen molar-refractivity contribution in [1.82, 2.24) is 5.32 Å². The Morgan fingerprint density at radius 3 is 2.41 bits per heavy atom. The van der Waals surface area contributed by atoms with Crippen LogP contribution in [0.2, 0.25) is 0 Å². The minimum absolute atomic E-state index is 0.